The summed E-state index contributed by atoms with van der Waals surface area (Å²) in [5, 5.41) is 8.69. The number of thioether (sulfide) groups is 1. The SMILES string of the molecule is COCCN(CCOC)C(C)(C)C(=O)c1ccc(SCCC(=O)O)cc1. The van der Waals surface area contributed by atoms with Gasteiger partial charge in [-0.05, 0) is 26.0 Å². The van der Waals surface area contributed by atoms with E-state index in [1.165, 1.54) is 11.8 Å². The van der Waals surface area contributed by atoms with E-state index in [2.05, 4.69) is 4.90 Å². The van der Waals surface area contributed by atoms with Crippen LogP contribution in [0.5, 0.6) is 0 Å². The standard InChI is InChI=1S/C19H29NO5S/c1-19(2,20(10-12-24-3)11-13-25-4)18(23)15-5-7-16(8-6-15)26-14-9-17(21)22/h5-8H,9-14H2,1-4H3,(H,21,22). The maximum atomic E-state index is 13.0. The van der Waals surface area contributed by atoms with E-state index in [9.17, 15) is 9.59 Å². The highest BCUT2D eigenvalue weighted by molar-refractivity contribution is 7.99. The third-order valence-corrected chi connectivity index (χ3v) is 5.19. The molecule has 0 bridgehead atoms. The fraction of sp³-hybridized carbons (Fsp3) is 0.579. The number of benzene rings is 1. The molecule has 0 radical (unpaired) electrons. The Balaban J connectivity index is 2.81. The third-order valence-electron chi connectivity index (χ3n) is 4.18. The molecule has 1 aromatic rings. The Morgan fingerprint density at radius 3 is 2.08 bits per heavy atom. The minimum atomic E-state index is -0.807. The number of carboxylic acids is 1. The Morgan fingerprint density at radius 2 is 1.62 bits per heavy atom. The Bertz CT molecular complexity index is 566. The zero-order valence-electron chi connectivity index (χ0n) is 16.0. The molecule has 7 heteroatoms. The van der Waals surface area contributed by atoms with E-state index >= 15 is 0 Å². The highest BCUT2D eigenvalue weighted by atomic mass is 32.2. The molecule has 0 saturated heterocycles. The van der Waals surface area contributed by atoms with Crippen molar-refractivity contribution in [2.24, 2.45) is 0 Å². The first-order valence-electron chi connectivity index (χ1n) is 8.55. The van der Waals surface area contributed by atoms with E-state index in [1.807, 2.05) is 26.0 Å². The number of hydrogen-bond acceptors (Lipinski definition) is 6. The molecule has 0 amide bonds. The molecule has 0 saturated carbocycles. The summed E-state index contributed by atoms with van der Waals surface area (Å²) in [6, 6.07) is 7.34. The third kappa shape index (κ3) is 7.07. The Hall–Kier alpha value is -1.41. The van der Waals surface area contributed by atoms with Crippen LogP contribution in [0.3, 0.4) is 0 Å². The van der Waals surface area contributed by atoms with Crippen molar-refractivity contribution in [3.63, 3.8) is 0 Å². The first kappa shape index (κ1) is 22.6. The molecule has 0 aliphatic carbocycles. The highest BCUT2D eigenvalue weighted by Gasteiger charge is 2.34. The molecule has 0 aliphatic rings. The van der Waals surface area contributed by atoms with E-state index in [1.54, 1.807) is 26.4 Å². The number of carboxylic acid groups (broad SMARTS) is 1. The van der Waals surface area contributed by atoms with Crippen LogP contribution in [0.4, 0.5) is 0 Å². The van der Waals surface area contributed by atoms with Gasteiger partial charge in [0.1, 0.15) is 0 Å². The van der Waals surface area contributed by atoms with Crippen LogP contribution < -0.4 is 0 Å². The second kappa shape index (κ2) is 11.3. The lowest BCUT2D eigenvalue weighted by molar-refractivity contribution is -0.136. The van der Waals surface area contributed by atoms with Crippen LogP contribution in [0.1, 0.15) is 30.6 Å². The van der Waals surface area contributed by atoms with Gasteiger partial charge in [-0.15, -0.1) is 11.8 Å². The molecule has 0 heterocycles. The summed E-state index contributed by atoms with van der Waals surface area (Å²) < 4.78 is 10.3. The van der Waals surface area contributed by atoms with Gasteiger partial charge in [-0.3, -0.25) is 14.5 Å². The summed E-state index contributed by atoms with van der Waals surface area (Å²) in [6.45, 7) is 6.19. The van der Waals surface area contributed by atoms with Gasteiger partial charge in [0, 0.05) is 43.5 Å². The molecular weight excluding hydrogens is 354 g/mol. The topological polar surface area (TPSA) is 76.1 Å². The molecule has 26 heavy (non-hydrogen) atoms. The van der Waals surface area contributed by atoms with Crippen molar-refractivity contribution in [1.29, 1.82) is 0 Å². The number of methoxy groups -OCH3 is 2. The van der Waals surface area contributed by atoms with E-state index in [4.69, 9.17) is 14.6 Å². The average Bonchev–Trinajstić information content (AvgIpc) is 2.61. The van der Waals surface area contributed by atoms with Crippen LogP contribution >= 0.6 is 11.8 Å². The molecule has 0 aliphatic heterocycles. The van der Waals surface area contributed by atoms with Crippen molar-refractivity contribution in [2.75, 3.05) is 46.3 Å². The van der Waals surface area contributed by atoms with Crippen LogP contribution in [-0.2, 0) is 14.3 Å². The molecule has 0 spiro atoms. The van der Waals surface area contributed by atoms with Crippen LogP contribution in [0, 0.1) is 0 Å². The highest BCUT2D eigenvalue weighted by Crippen LogP contribution is 2.24. The number of ketones is 1. The Morgan fingerprint density at radius 1 is 1.08 bits per heavy atom. The first-order chi connectivity index (χ1) is 12.3. The summed E-state index contributed by atoms with van der Waals surface area (Å²) in [5.41, 5.74) is -0.0490. The maximum Gasteiger partial charge on any atom is 0.304 e. The number of carbonyl (C=O) groups excluding carboxylic acids is 1. The molecule has 6 nitrogen and oxygen atoms in total. The minimum absolute atomic E-state index is 0.0341. The fourth-order valence-electron chi connectivity index (χ4n) is 2.53. The number of carbonyl (C=O) groups is 2. The lowest BCUT2D eigenvalue weighted by Gasteiger charge is -2.37. The smallest absolute Gasteiger partial charge is 0.304 e. The quantitative estimate of drug-likeness (QED) is 0.415. The van der Waals surface area contributed by atoms with Crippen LogP contribution in [-0.4, -0.2) is 73.6 Å². The number of aliphatic carboxylic acids is 1. The van der Waals surface area contributed by atoms with Gasteiger partial charge in [0.25, 0.3) is 0 Å². The number of ether oxygens (including phenoxy) is 2. The van der Waals surface area contributed by atoms with Crippen molar-refractivity contribution in [2.45, 2.75) is 30.7 Å². The minimum Gasteiger partial charge on any atom is -0.481 e. The lowest BCUT2D eigenvalue weighted by atomic mass is 9.91. The Labute approximate surface area is 159 Å². The van der Waals surface area contributed by atoms with Crippen LogP contribution in [0.2, 0.25) is 0 Å². The van der Waals surface area contributed by atoms with E-state index in [-0.39, 0.29) is 12.2 Å². The van der Waals surface area contributed by atoms with Gasteiger partial charge in [-0.1, -0.05) is 12.1 Å². The first-order valence-corrected chi connectivity index (χ1v) is 9.54. The van der Waals surface area contributed by atoms with E-state index < -0.39 is 11.5 Å². The number of Topliss-reactive ketones (excluding diaryl/α,β-unsaturated/α-hetero) is 1. The normalized spacial score (nSPS) is 11.7. The van der Waals surface area contributed by atoms with Crippen LogP contribution in [0.15, 0.2) is 29.2 Å². The fourth-order valence-corrected chi connectivity index (χ4v) is 3.37. The summed E-state index contributed by atoms with van der Waals surface area (Å²) in [4.78, 5) is 26.6. The average molecular weight is 384 g/mol. The van der Waals surface area contributed by atoms with Gasteiger partial charge in [-0.25, -0.2) is 0 Å². The predicted octanol–water partition coefficient (Wildman–Crippen LogP) is 2.81. The molecular formula is C19H29NO5S. The van der Waals surface area contributed by atoms with Gasteiger partial charge in [0.15, 0.2) is 5.78 Å². The monoisotopic (exact) mass is 383 g/mol. The van der Waals surface area contributed by atoms with Crippen molar-refractivity contribution in [1.82, 2.24) is 4.90 Å². The van der Waals surface area contributed by atoms with E-state index in [0.717, 1.165) is 4.90 Å². The lowest BCUT2D eigenvalue weighted by Crippen LogP contribution is -2.52. The molecule has 0 fully saturated rings. The van der Waals surface area contributed by atoms with Gasteiger partial charge >= 0.3 is 5.97 Å². The zero-order chi connectivity index (χ0) is 19.6. The Kier molecular flexibility index (Phi) is 9.87. The molecule has 1 N–H and O–H groups in total. The predicted molar refractivity (Wildman–Crippen MR) is 103 cm³/mol. The van der Waals surface area contributed by atoms with Crippen molar-refractivity contribution >= 4 is 23.5 Å². The summed E-state index contributed by atoms with van der Waals surface area (Å²) in [6.07, 6.45) is 0.117. The van der Waals surface area contributed by atoms with Gasteiger partial charge < -0.3 is 14.6 Å². The zero-order valence-corrected chi connectivity index (χ0v) is 16.8. The largest absolute Gasteiger partial charge is 0.481 e. The summed E-state index contributed by atoms with van der Waals surface area (Å²) in [7, 11) is 3.29. The second-order valence-corrected chi connectivity index (χ2v) is 7.55. The molecule has 1 aromatic carbocycles. The van der Waals surface area contributed by atoms with Crippen molar-refractivity contribution < 1.29 is 24.2 Å². The maximum absolute atomic E-state index is 13.0. The molecule has 0 unspecified atom stereocenters. The van der Waals surface area contributed by atoms with Gasteiger partial charge in [0.2, 0.25) is 0 Å². The van der Waals surface area contributed by atoms with Crippen molar-refractivity contribution in [3.05, 3.63) is 29.8 Å². The number of nitrogens with zero attached hydrogens (tertiary/aromatic N) is 1. The van der Waals surface area contributed by atoms with E-state index in [0.29, 0.717) is 37.6 Å². The molecule has 146 valence electrons. The number of hydrogen-bond donors (Lipinski definition) is 1. The van der Waals surface area contributed by atoms with Gasteiger partial charge in [-0.2, -0.15) is 0 Å². The molecule has 0 aromatic heterocycles. The van der Waals surface area contributed by atoms with Gasteiger partial charge in [0.05, 0.1) is 25.2 Å². The number of rotatable bonds is 13. The van der Waals surface area contributed by atoms with Crippen LogP contribution in [0.25, 0.3) is 0 Å². The second-order valence-electron chi connectivity index (χ2n) is 6.38. The summed E-state index contributed by atoms with van der Waals surface area (Å²) >= 11 is 1.47. The van der Waals surface area contributed by atoms with Crippen molar-refractivity contribution in [3.8, 4) is 0 Å². The molecule has 0 atom stereocenters. The molecule has 1 rings (SSSR count). The summed E-state index contributed by atoms with van der Waals surface area (Å²) in [5.74, 6) is -0.263.